The SMILES string of the molecule is COc1cc(C2=NN(C(C)=O)[C@H](COc3ccc(C)cc3[N+](=O)[O-])O2)ccc1OC(C)=O. The molecule has 1 amide bonds. The first-order valence-corrected chi connectivity index (χ1v) is 9.49. The number of ether oxygens (including phenoxy) is 4. The van der Waals surface area contributed by atoms with Gasteiger partial charge in [0.25, 0.3) is 0 Å². The lowest BCUT2D eigenvalue weighted by atomic mass is 10.2. The molecule has 0 fully saturated rings. The van der Waals surface area contributed by atoms with Crippen LogP contribution in [0.4, 0.5) is 5.69 Å². The highest BCUT2D eigenvalue weighted by molar-refractivity contribution is 5.97. The van der Waals surface area contributed by atoms with Crippen LogP contribution < -0.4 is 14.2 Å². The Bertz CT molecular complexity index is 1100. The number of methoxy groups -OCH3 is 1. The minimum absolute atomic E-state index is 0.0496. The van der Waals surface area contributed by atoms with E-state index in [-0.39, 0.29) is 35.4 Å². The topological polar surface area (TPSA) is 130 Å². The smallest absolute Gasteiger partial charge is 0.311 e. The van der Waals surface area contributed by atoms with Crippen LogP contribution in [0.25, 0.3) is 0 Å². The summed E-state index contributed by atoms with van der Waals surface area (Å²) in [5.41, 5.74) is 0.987. The average molecular weight is 443 g/mol. The van der Waals surface area contributed by atoms with Crippen LogP contribution in [0.1, 0.15) is 25.0 Å². The van der Waals surface area contributed by atoms with E-state index in [1.807, 2.05) is 0 Å². The van der Waals surface area contributed by atoms with E-state index in [4.69, 9.17) is 18.9 Å². The molecular weight excluding hydrogens is 422 g/mol. The van der Waals surface area contributed by atoms with Gasteiger partial charge in [-0.05, 0) is 36.8 Å². The van der Waals surface area contributed by atoms with Crippen molar-refractivity contribution in [3.63, 3.8) is 0 Å². The van der Waals surface area contributed by atoms with E-state index in [1.54, 1.807) is 25.1 Å². The molecule has 0 saturated carbocycles. The molecule has 3 rings (SSSR count). The molecule has 168 valence electrons. The minimum atomic E-state index is -0.942. The molecule has 1 aliphatic heterocycles. The molecular formula is C21H21N3O8. The lowest BCUT2D eigenvalue weighted by Gasteiger charge is -2.19. The van der Waals surface area contributed by atoms with Crippen molar-refractivity contribution >= 4 is 23.5 Å². The van der Waals surface area contributed by atoms with Crippen molar-refractivity contribution in [2.24, 2.45) is 5.10 Å². The highest BCUT2D eigenvalue weighted by atomic mass is 16.6. The normalized spacial score (nSPS) is 14.9. The van der Waals surface area contributed by atoms with E-state index in [0.29, 0.717) is 11.1 Å². The summed E-state index contributed by atoms with van der Waals surface area (Å²) in [6, 6.07) is 9.21. The van der Waals surface area contributed by atoms with Crippen molar-refractivity contribution in [3.8, 4) is 17.2 Å². The first kappa shape index (κ1) is 22.5. The Hall–Kier alpha value is -4.15. The maximum Gasteiger partial charge on any atom is 0.311 e. The number of hydrogen-bond donors (Lipinski definition) is 0. The minimum Gasteiger partial charge on any atom is -0.493 e. The van der Waals surface area contributed by atoms with Crippen LogP contribution in [0.2, 0.25) is 0 Å². The number of hydrazone groups is 1. The van der Waals surface area contributed by atoms with Gasteiger partial charge in [0.1, 0.15) is 6.61 Å². The Labute approximate surface area is 183 Å². The molecule has 0 unspecified atom stereocenters. The van der Waals surface area contributed by atoms with Crippen molar-refractivity contribution in [1.82, 2.24) is 5.01 Å². The molecule has 0 bridgehead atoms. The van der Waals surface area contributed by atoms with E-state index in [2.05, 4.69) is 5.10 Å². The van der Waals surface area contributed by atoms with E-state index in [1.165, 1.54) is 39.2 Å². The lowest BCUT2D eigenvalue weighted by molar-refractivity contribution is -0.386. The maximum atomic E-state index is 12.1. The summed E-state index contributed by atoms with van der Waals surface area (Å²) in [4.78, 5) is 34.0. The van der Waals surface area contributed by atoms with Gasteiger partial charge >= 0.3 is 11.7 Å². The van der Waals surface area contributed by atoms with Crippen LogP contribution in [0.5, 0.6) is 17.2 Å². The van der Waals surface area contributed by atoms with Crippen molar-refractivity contribution in [2.75, 3.05) is 13.7 Å². The lowest BCUT2D eigenvalue weighted by Crippen LogP contribution is -2.36. The number of nitrogens with zero attached hydrogens (tertiary/aromatic N) is 3. The predicted molar refractivity (Wildman–Crippen MR) is 112 cm³/mol. The number of aryl methyl sites for hydroxylation is 1. The number of nitro groups is 1. The zero-order chi connectivity index (χ0) is 23.4. The third kappa shape index (κ3) is 4.94. The number of amides is 1. The Balaban J connectivity index is 1.80. The van der Waals surface area contributed by atoms with Crippen LogP contribution in [0, 0.1) is 17.0 Å². The molecule has 11 nitrogen and oxygen atoms in total. The van der Waals surface area contributed by atoms with Crippen molar-refractivity contribution in [1.29, 1.82) is 0 Å². The molecule has 0 saturated heterocycles. The second-order valence-corrected chi connectivity index (χ2v) is 6.84. The summed E-state index contributed by atoms with van der Waals surface area (Å²) in [7, 11) is 1.41. The summed E-state index contributed by atoms with van der Waals surface area (Å²) < 4.78 is 21.7. The van der Waals surface area contributed by atoms with Gasteiger partial charge in [-0.15, -0.1) is 5.10 Å². The Morgan fingerprint density at radius 1 is 1.16 bits per heavy atom. The molecule has 0 radical (unpaired) electrons. The fourth-order valence-electron chi connectivity index (χ4n) is 2.96. The standard InChI is InChI=1S/C21H21N3O8/c1-12-5-7-17(16(9-12)24(27)28)30-11-20-23(13(2)25)22-21(32-20)15-6-8-18(31-14(3)26)19(10-15)29-4/h5-10,20H,11H2,1-4H3/t20-/m0/s1. The van der Waals surface area contributed by atoms with Gasteiger partial charge in [-0.25, -0.2) is 0 Å². The van der Waals surface area contributed by atoms with Gasteiger partial charge < -0.3 is 18.9 Å². The van der Waals surface area contributed by atoms with Gasteiger partial charge in [-0.1, -0.05) is 6.07 Å². The first-order chi connectivity index (χ1) is 15.2. The number of benzene rings is 2. The Morgan fingerprint density at radius 2 is 1.88 bits per heavy atom. The van der Waals surface area contributed by atoms with Gasteiger partial charge in [-0.3, -0.25) is 19.7 Å². The van der Waals surface area contributed by atoms with E-state index in [9.17, 15) is 19.7 Å². The number of esters is 1. The van der Waals surface area contributed by atoms with E-state index in [0.717, 1.165) is 5.01 Å². The van der Waals surface area contributed by atoms with Gasteiger partial charge in [0.2, 0.25) is 18.0 Å². The molecule has 2 aromatic carbocycles. The van der Waals surface area contributed by atoms with Gasteiger partial charge in [-0.2, -0.15) is 5.01 Å². The van der Waals surface area contributed by atoms with Crippen LogP contribution in [-0.2, 0) is 14.3 Å². The monoisotopic (exact) mass is 443 g/mol. The molecule has 32 heavy (non-hydrogen) atoms. The fourth-order valence-corrected chi connectivity index (χ4v) is 2.96. The largest absolute Gasteiger partial charge is 0.493 e. The van der Waals surface area contributed by atoms with Crippen LogP contribution in [0.15, 0.2) is 41.5 Å². The van der Waals surface area contributed by atoms with Crippen LogP contribution in [0.3, 0.4) is 0 Å². The van der Waals surface area contributed by atoms with E-state index >= 15 is 0 Å². The Morgan fingerprint density at radius 3 is 2.50 bits per heavy atom. The number of carbonyl (C=O) groups excluding carboxylic acids is 2. The van der Waals surface area contributed by atoms with E-state index < -0.39 is 23.0 Å². The molecule has 1 heterocycles. The Kier molecular flexibility index (Phi) is 6.57. The second kappa shape index (κ2) is 9.33. The highest BCUT2D eigenvalue weighted by Crippen LogP contribution is 2.31. The predicted octanol–water partition coefficient (Wildman–Crippen LogP) is 2.78. The number of carbonyl (C=O) groups is 2. The molecule has 1 atom stereocenters. The number of nitro benzene ring substituents is 1. The third-order valence-corrected chi connectivity index (χ3v) is 4.40. The molecule has 0 spiro atoms. The number of rotatable bonds is 7. The van der Waals surface area contributed by atoms with Crippen LogP contribution in [-0.4, -0.2) is 47.7 Å². The van der Waals surface area contributed by atoms with Gasteiger partial charge in [0, 0.05) is 25.5 Å². The molecule has 0 aromatic heterocycles. The molecule has 2 aromatic rings. The summed E-state index contributed by atoms with van der Waals surface area (Å²) in [5.74, 6) is -0.259. The molecule has 11 heteroatoms. The van der Waals surface area contributed by atoms with Crippen molar-refractivity contribution < 1.29 is 33.5 Å². The zero-order valence-electron chi connectivity index (χ0n) is 17.9. The van der Waals surface area contributed by atoms with Gasteiger partial charge in [0.05, 0.1) is 12.0 Å². The molecule has 0 aliphatic carbocycles. The molecule has 1 aliphatic rings. The van der Waals surface area contributed by atoms with Crippen molar-refractivity contribution in [2.45, 2.75) is 27.0 Å². The zero-order valence-corrected chi connectivity index (χ0v) is 17.9. The second-order valence-electron chi connectivity index (χ2n) is 6.84. The van der Waals surface area contributed by atoms with Crippen molar-refractivity contribution in [3.05, 3.63) is 57.6 Å². The van der Waals surface area contributed by atoms with Crippen LogP contribution >= 0.6 is 0 Å². The highest BCUT2D eigenvalue weighted by Gasteiger charge is 2.33. The summed E-state index contributed by atoms with van der Waals surface area (Å²) >= 11 is 0. The maximum absolute atomic E-state index is 12.1. The van der Waals surface area contributed by atoms with Gasteiger partial charge in [0.15, 0.2) is 17.2 Å². The third-order valence-electron chi connectivity index (χ3n) is 4.40. The molecule has 0 N–H and O–H groups in total. The summed E-state index contributed by atoms with van der Waals surface area (Å²) in [6.07, 6.45) is -0.942. The first-order valence-electron chi connectivity index (χ1n) is 9.49. The summed E-state index contributed by atoms with van der Waals surface area (Å²) in [6.45, 7) is 4.11. The average Bonchev–Trinajstić information content (AvgIpc) is 3.17. The number of hydrogen-bond acceptors (Lipinski definition) is 9. The fraction of sp³-hybridized carbons (Fsp3) is 0.286. The quantitative estimate of drug-likeness (QED) is 0.276. The summed E-state index contributed by atoms with van der Waals surface area (Å²) in [5, 5.41) is 16.6.